The molecule has 1 aromatic rings. The molecule has 4 nitrogen and oxygen atoms in total. The molecule has 0 spiro atoms. The lowest BCUT2D eigenvalue weighted by molar-refractivity contribution is 0.473. The summed E-state index contributed by atoms with van der Waals surface area (Å²) in [5.74, 6) is -0.547. The summed E-state index contributed by atoms with van der Waals surface area (Å²) in [6.45, 7) is 1.99. The van der Waals surface area contributed by atoms with Crippen molar-refractivity contribution >= 4 is 31.6 Å². The number of anilines is 1. The third-order valence-electron chi connectivity index (χ3n) is 3.47. The first-order valence-electron chi connectivity index (χ1n) is 6.08. The maximum atomic E-state index is 13.9. The minimum atomic E-state index is -3.89. The third-order valence-corrected chi connectivity index (χ3v) is 5.54. The van der Waals surface area contributed by atoms with E-state index in [0.29, 0.717) is 0 Å². The Balaban J connectivity index is 2.34. The molecule has 0 radical (unpaired) electrons. The number of nitrogens with one attached hydrogen (secondary N) is 1. The number of rotatable bonds is 3. The van der Waals surface area contributed by atoms with Gasteiger partial charge in [-0.3, -0.25) is 0 Å². The molecule has 2 atom stereocenters. The average molecular weight is 351 g/mol. The summed E-state index contributed by atoms with van der Waals surface area (Å²) in [5, 5.41) is 0. The summed E-state index contributed by atoms with van der Waals surface area (Å²) < 4.78 is 41.0. The maximum absolute atomic E-state index is 13.9. The number of sulfonamides is 1. The van der Waals surface area contributed by atoms with Crippen molar-refractivity contribution in [2.24, 2.45) is 5.92 Å². The standard InChI is InChI=1S/C12H16BrFN2O2S/c1-7-3-2-4-10(7)16-19(17,18)11-6-8(15)5-9(13)12(11)14/h5-7,10,16H,2-4,15H2,1H3. The second kappa shape index (κ2) is 5.38. The molecular formula is C12H16BrFN2O2S. The van der Waals surface area contributed by atoms with Crippen molar-refractivity contribution in [3.05, 3.63) is 22.4 Å². The number of nitrogens with two attached hydrogens (primary N) is 1. The summed E-state index contributed by atoms with van der Waals surface area (Å²) in [4.78, 5) is -0.404. The number of hydrogen-bond donors (Lipinski definition) is 2. The maximum Gasteiger partial charge on any atom is 0.243 e. The van der Waals surface area contributed by atoms with Gasteiger partial charge in [0, 0.05) is 11.7 Å². The van der Waals surface area contributed by atoms with E-state index < -0.39 is 20.7 Å². The van der Waals surface area contributed by atoms with Crippen LogP contribution in [0.15, 0.2) is 21.5 Å². The molecule has 1 aliphatic rings. The molecule has 0 saturated heterocycles. The molecule has 1 aromatic carbocycles. The van der Waals surface area contributed by atoms with Gasteiger partial charge in [0.2, 0.25) is 10.0 Å². The Bertz CT molecular complexity index is 592. The van der Waals surface area contributed by atoms with Crippen LogP contribution in [0.5, 0.6) is 0 Å². The van der Waals surface area contributed by atoms with E-state index in [2.05, 4.69) is 20.7 Å². The van der Waals surface area contributed by atoms with E-state index in [1.807, 2.05) is 6.92 Å². The fourth-order valence-electron chi connectivity index (χ4n) is 2.36. The van der Waals surface area contributed by atoms with Gasteiger partial charge in [-0.05, 0) is 46.8 Å². The van der Waals surface area contributed by atoms with Crippen LogP contribution in [0.4, 0.5) is 10.1 Å². The van der Waals surface area contributed by atoms with Crippen molar-refractivity contribution in [1.29, 1.82) is 0 Å². The number of hydrogen-bond acceptors (Lipinski definition) is 3. The molecule has 1 saturated carbocycles. The van der Waals surface area contributed by atoms with Gasteiger partial charge in [-0.25, -0.2) is 17.5 Å². The highest BCUT2D eigenvalue weighted by Crippen LogP contribution is 2.29. The largest absolute Gasteiger partial charge is 0.399 e. The summed E-state index contributed by atoms with van der Waals surface area (Å²) >= 11 is 2.97. The van der Waals surface area contributed by atoms with Crippen molar-refractivity contribution in [3.63, 3.8) is 0 Å². The number of benzene rings is 1. The second-order valence-electron chi connectivity index (χ2n) is 4.95. The lowest BCUT2D eigenvalue weighted by Crippen LogP contribution is -2.36. The first kappa shape index (κ1) is 14.7. The molecule has 2 unspecified atom stereocenters. The highest BCUT2D eigenvalue weighted by atomic mass is 79.9. The topological polar surface area (TPSA) is 72.2 Å². The fraction of sp³-hybridized carbons (Fsp3) is 0.500. The molecule has 1 aliphatic carbocycles. The van der Waals surface area contributed by atoms with Gasteiger partial charge in [-0.1, -0.05) is 13.3 Å². The van der Waals surface area contributed by atoms with Gasteiger partial charge >= 0.3 is 0 Å². The van der Waals surface area contributed by atoms with Crippen LogP contribution in [0.25, 0.3) is 0 Å². The highest BCUT2D eigenvalue weighted by Gasteiger charge is 2.30. The Hall–Kier alpha value is -0.660. The molecular weight excluding hydrogens is 335 g/mol. The second-order valence-corrected chi connectivity index (χ2v) is 7.49. The van der Waals surface area contributed by atoms with E-state index in [0.717, 1.165) is 25.3 Å². The molecule has 0 heterocycles. The van der Waals surface area contributed by atoms with Crippen LogP contribution >= 0.6 is 15.9 Å². The Morgan fingerprint density at radius 1 is 1.42 bits per heavy atom. The molecule has 1 fully saturated rings. The Kier molecular flexibility index (Phi) is 4.17. The molecule has 0 aromatic heterocycles. The van der Waals surface area contributed by atoms with Crippen LogP contribution in [-0.4, -0.2) is 14.5 Å². The summed E-state index contributed by atoms with van der Waals surface area (Å²) in [5.41, 5.74) is 5.77. The van der Waals surface area contributed by atoms with E-state index in [-0.39, 0.29) is 22.1 Å². The van der Waals surface area contributed by atoms with Crippen molar-refractivity contribution in [2.75, 3.05) is 5.73 Å². The molecule has 2 rings (SSSR count). The molecule has 0 amide bonds. The third kappa shape index (κ3) is 3.09. The van der Waals surface area contributed by atoms with Crippen molar-refractivity contribution < 1.29 is 12.8 Å². The van der Waals surface area contributed by atoms with Gasteiger partial charge in [0.25, 0.3) is 0 Å². The zero-order valence-corrected chi connectivity index (χ0v) is 12.9. The summed E-state index contributed by atoms with van der Waals surface area (Å²) in [7, 11) is -3.89. The van der Waals surface area contributed by atoms with Crippen molar-refractivity contribution in [1.82, 2.24) is 4.72 Å². The molecule has 106 valence electrons. The fourth-order valence-corrected chi connectivity index (χ4v) is 4.48. The van der Waals surface area contributed by atoms with E-state index in [9.17, 15) is 12.8 Å². The van der Waals surface area contributed by atoms with Crippen molar-refractivity contribution in [2.45, 2.75) is 37.1 Å². The van der Waals surface area contributed by atoms with Gasteiger partial charge in [0.05, 0.1) is 4.47 Å². The summed E-state index contributed by atoms with van der Waals surface area (Å²) in [6.07, 6.45) is 2.75. The number of halogens is 2. The quantitative estimate of drug-likeness (QED) is 0.823. The van der Waals surface area contributed by atoms with Gasteiger partial charge in [0.1, 0.15) is 4.90 Å². The van der Waals surface area contributed by atoms with Crippen LogP contribution in [0.1, 0.15) is 26.2 Å². The SMILES string of the molecule is CC1CCCC1NS(=O)(=O)c1cc(N)cc(Br)c1F. The molecule has 3 N–H and O–H groups in total. The average Bonchev–Trinajstić information content (AvgIpc) is 2.69. The van der Waals surface area contributed by atoms with Crippen LogP contribution in [0.3, 0.4) is 0 Å². The van der Waals surface area contributed by atoms with Crippen LogP contribution in [-0.2, 0) is 10.0 Å². The van der Waals surface area contributed by atoms with E-state index >= 15 is 0 Å². The van der Waals surface area contributed by atoms with E-state index in [1.165, 1.54) is 6.07 Å². The Morgan fingerprint density at radius 2 is 2.11 bits per heavy atom. The van der Waals surface area contributed by atoms with Crippen LogP contribution < -0.4 is 10.5 Å². The first-order valence-corrected chi connectivity index (χ1v) is 8.35. The smallest absolute Gasteiger partial charge is 0.243 e. The van der Waals surface area contributed by atoms with Gasteiger partial charge < -0.3 is 5.73 Å². The lowest BCUT2D eigenvalue weighted by atomic mass is 10.1. The highest BCUT2D eigenvalue weighted by molar-refractivity contribution is 9.10. The Morgan fingerprint density at radius 3 is 2.68 bits per heavy atom. The predicted octanol–water partition coefficient (Wildman–Crippen LogP) is 2.64. The Labute approximate surface area is 120 Å². The normalized spacial score (nSPS) is 23.7. The molecule has 0 aliphatic heterocycles. The van der Waals surface area contributed by atoms with Crippen LogP contribution in [0, 0.1) is 11.7 Å². The molecule has 7 heteroatoms. The lowest BCUT2D eigenvalue weighted by Gasteiger charge is -2.18. The van der Waals surface area contributed by atoms with E-state index in [4.69, 9.17) is 5.73 Å². The zero-order valence-electron chi connectivity index (χ0n) is 10.5. The van der Waals surface area contributed by atoms with E-state index in [1.54, 1.807) is 0 Å². The zero-order chi connectivity index (χ0) is 14.2. The molecule has 19 heavy (non-hydrogen) atoms. The van der Waals surface area contributed by atoms with Crippen LogP contribution in [0.2, 0.25) is 0 Å². The van der Waals surface area contributed by atoms with Gasteiger partial charge in [0.15, 0.2) is 5.82 Å². The number of nitrogen functional groups attached to an aromatic ring is 1. The minimum Gasteiger partial charge on any atom is -0.399 e. The van der Waals surface area contributed by atoms with Crippen molar-refractivity contribution in [3.8, 4) is 0 Å². The summed E-state index contributed by atoms with van der Waals surface area (Å²) in [6, 6.07) is 2.35. The monoisotopic (exact) mass is 350 g/mol. The first-order chi connectivity index (χ1) is 8.81. The van der Waals surface area contributed by atoms with Gasteiger partial charge in [-0.2, -0.15) is 0 Å². The predicted molar refractivity (Wildman–Crippen MR) is 75.6 cm³/mol. The van der Waals surface area contributed by atoms with Gasteiger partial charge in [-0.15, -0.1) is 0 Å². The molecule has 0 bridgehead atoms. The minimum absolute atomic E-state index is 0.0485.